The maximum Gasteiger partial charge on any atom is 0.337 e. The van der Waals surface area contributed by atoms with E-state index >= 15 is 0 Å². The lowest BCUT2D eigenvalue weighted by molar-refractivity contribution is 0.0601. The Morgan fingerprint density at radius 1 is 1.04 bits per heavy atom. The third-order valence-corrected chi connectivity index (χ3v) is 3.54. The Kier molecular flexibility index (Phi) is 5.36. The van der Waals surface area contributed by atoms with Crippen LogP contribution in [0.4, 0.5) is 16.2 Å². The minimum Gasteiger partial charge on any atom is -0.465 e. The summed E-state index contributed by atoms with van der Waals surface area (Å²) < 4.78 is 4.64. The van der Waals surface area contributed by atoms with Crippen molar-refractivity contribution in [3.8, 4) is 0 Å². The first kappa shape index (κ1) is 16.5. The Labute approximate surface area is 135 Å². The van der Waals surface area contributed by atoms with Gasteiger partial charge in [0.2, 0.25) is 0 Å². The zero-order chi connectivity index (χ0) is 16.8. The van der Waals surface area contributed by atoms with Crippen LogP contribution < -0.4 is 10.6 Å². The van der Waals surface area contributed by atoms with Crippen molar-refractivity contribution in [1.29, 1.82) is 0 Å². The zero-order valence-corrected chi connectivity index (χ0v) is 13.5. The summed E-state index contributed by atoms with van der Waals surface area (Å²) in [4.78, 5) is 23.5. The molecule has 0 spiro atoms. The third-order valence-electron chi connectivity index (χ3n) is 3.54. The van der Waals surface area contributed by atoms with Crippen molar-refractivity contribution in [3.63, 3.8) is 0 Å². The third kappa shape index (κ3) is 4.10. The molecule has 2 aromatic rings. The Hall–Kier alpha value is -2.82. The van der Waals surface area contributed by atoms with Crippen LogP contribution in [0.3, 0.4) is 0 Å². The summed E-state index contributed by atoms with van der Waals surface area (Å²) in [6.45, 7) is 4.00. The molecule has 0 aliphatic rings. The van der Waals surface area contributed by atoms with E-state index in [1.165, 1.54) is 7.11 Å². The van der Waals surface area contributed by atoms with E-state index in [2.05, 4.69) is 15.4 Å². The molecule has 120 valence electrons. The fourth-order valence-corrected chi connectivity index (χ4v) is 2.29. The minimum atomic E-state index is -0.409. The summed E-state index contributed by atoms with van der Waals surface area (Å²) in [7, 11) is 1.33. The SMILES string of the molecule is CCc1cccc(C)c1NC(=O)Nc1ccc(C(=O)OC)cc1. The van der Waals surface area contributed by atoms with Crippen molar-refractivity contribution in [1.82, 2.24) is 0 Å². The highest BCUT2D eigenvalue weighted by Gasteiger charge is 2.09. The van der Waals surface area contributed by atoms with E-state index in [0.29, 0.717) is 11.3 Å². The first-order valence-corrected chi connectivity index (χ1v) is 7.40. The van der Waals surface area contributed by atoms with Gasteiger partial charge in [0, 0.05) is 11.4 Å². The lowest BCUT2D eigenvalue weighted by atomic mass is 10.1. The molecule has 0 radical (unpaired) electrons. The van der Waals surface area contributed by atoms with Crippen LogP contribution in [0, 0.1) is 6.92 Å². The predicted molar refractivity (Wildman–Crippen MR) is 91.0 cm³/mol. The second-order valence-electron chi connectivity index (χ2n) is 5.11. The molecule has 0 aromatic heterocycles. The molecule has 0 unspecified atom stereocenters. The van der Waals surface area contributed by atoms with Gasteiger partial charge in [0.1, 0.15) is 0 Å². The van der Waals surface area contributed by atoms with Crippen LogP contribution in [0.5, 0.6) is 0 Å². The van der Waals surface area contributed by atoms with Gasteiger partial charge < -0.3 is 15.4 Å². The molecule has 0 fully saturated rings. The van der Waals surface area contributed by atoms with E-state index in [4.69, 9.17) is 0 Å². The molecule has 0 heterocycles. The number of carbonyl (C=O) groups excluding carboxylic acids is 2. The Balaban J connectivity index is 2.07. The van der Waals surface area contributed by atoms with Gasteiger partial charge in [-0.3, -0.25) is 0 Å². The molecule has 2 aromatic carbocycles. The summed E-state index contributed by atoms with van der Waals surface area (Å²) in [6, 6.07) is 12.1. The van der Waals surface area contributed by atoms with Gasteiger partial charge in [-0.1, -0.05) is 25.1 Å². The fraction of sp³-hybridized carbons (Fsp3) is 0.222. The van der Waals surface area contributed by atoms with Crippen LogP contribution in [-0.2, 0) is 11.2 Å². The van der Waals surface area contributed by atoms with Crippen LogP contribution in [0.15, 0.2) is 42.5 Å². The van der Waals surface area contributed by atoms with Crippen molar-refractivity contribution in [2.45, 2.75) is 20.3 Å². The number of urea groups is 1. The van der Waals surface area contributed by atoms with Crippen molar-refractivity contribution in [3.05, 3.63) is 59.2 Å². The average molecular weight is 312 g/mol. The monoisotopic (exact) mass is 312 g/mol. The molecule has 0 atom stereocenters. The molecule has 2 amide bonds. The van der Waals surface area contributed by atoms with Gasteiger partial charge in [0.25, 0.3) is 0 Å². The number of esters is 1. The number of benzene rings is 2. The van der Waals surface area contributed by atoms with Gasteiger partial charge in [-0.05, 0) is 48.7 Å². The smallest absolute Gasteiger partial charge is 0.337 e. The summed E-state index contributed by atoms with van der Waals surface area (Å²) in [5, 5.41) is 5.64. The standard InChI is InChI=1S/C18H20N2O3/c1-4-13-7-5-6-12(2)16(13)20-18(22)19-15-10-8-14(9-11-15)17(21)23-3/h5-11H,4H2,1-3H3,(H2,19,20,22). The number of hydrogen-bond donors (Lipinski definition) is 2. The van der Waals surface area contributed by atoms with E-state index in [1.807, 2.05) is 32.0 Å². The van der Waals surface area contributed by atoms with Crippen LogP contribution in [0.2, 0.25) is 0 Å². The second-order valence-corrected chi connectivity index (χ2v) is 5.11. The number of aryl methyl sites for hydroxylation is 2. The average Bonchev–Trinajstić information content (AvgIpc) is 2.56. The first-order valence-electron chi connectivity index (χ1n) is 7.40. The number of hydrogen-bond acceptors (Lipinski definition) is 3. The van der Waals surface area contributed by atoms with Gasteiger partial charge in [-0.15, -0.1) is 0 Å². The van der Waals surface area contributed by atoms with Gasteiger partial charge in [0.15, 0.2) is 0 Å². The van der Waals surface area contributed by atoms with Crippen LogP contribution >= 0.6 is 0 Å². The number of carbonyl (C=O) groups is 2. The molecule has 0 saturated carbocycles. The van der Waals surface area contributed by atoms with Gasteiger partial charge >= 0.3 is 12.0 Å². The maximum absolute atomic E-state index is 12.2. The molecule has 0 bridgehead atoms. The lowest BCUT2D eigenvalue weighted by Crippen LogP contribution is -2.21. The Morgan fingerprint density at radius 3 is 2.35 bits per heavy atom. The van der Waals surface area contributed by atoms with E-state index in [1.54, 1.807) is 24.3 Å². The van der Waals surface area contributed by atoms with E-state index in [0.717, 1.165) is 23.2 Å². The number of methoxy groups -OCH3 is 1. The Bertz CT molecular complexity index is 709. The van der Waals surface area contributed by atoms with Crippen LogP contribution in [0.1, 0.15) is 28.4 Å². The van der Waals surface area contributed by atoms with Crippen molar-refractivity contribution < 1.29 is 14.3 Å². The molecule has 5 nitrogen and oxygen atoms in total. The van der Waals surface area contributed by atoms with Gasteiger partial charge in [-0.2, -0.15) is 0 Å². The number of rotatable bonds is 4. The molecular formula is C18H20N2O3. The quantitative estimate of drug-likeness (QED) is 0.839. The molecule has 23 heavy (non-hydrogen) atoms. The molecule has 2 rings (SSSR count). The van der Waals surface area contributed by atoms with E-state index < -0.39 is 5.97 Å². The maximum atomic E-state index is 12.2. The Morgan fingerprint density at radius 2 is 1.74 bits per heavy atom. The normalized spacial score (nSPS) is 10.0. The number of nitrogens with one attached hydrogen (secondary N) is 2. The molecule has 2 N–H and O–H groups in total. The van der Waals surface area contributed by atoms with Crippen molar-refractivity contribution >= 4 is 23.4 Å². The molecule has 0 aliphatic heterocycles. The summed E-state index contributed by atoms with van der Waals surface area (Å²) in [5.74, 6) is -0.409. The van der Waals surface area contributed by atoms with Crippen molar-refractivity contribution in [2.75, 3.05) is 17.7 Å². The predicted octanol–water partition coefficient (Wildman–Crippen LogP) is 3.99. The van der Waals surface area contributed by atoms with Crippen molar-refractivity contribution in [2.24, 2.45) is 0 Å². The number of amides is 2. The number of ether oxygens (including phenoxy) is 1. The zero-order valence-electron chi connectivity index (χ0n) is 13.5. The first-order chi connectivity index (χ1) is 11.0. The highest BCUT2D eigenvalue weighted by molar-refractivity contribution is 6.01. The second kappa shape index (κ2) is 7.45. The van der Waals surface area contributed by atoms with Gasteiger partial charge in [0.05, 0.1) is 12.7 Å². The van der Waals surface area contributed by atoms with Gasteiger partial charge in [-0.25, -0.2) is 9.59 Å². The minimum absolute atomic E-state index is 0.320. The van der Waals surface area contributed by atoms with E-state index in [-0.39, 0.29) is 6.03 Å². The highest BCUT2D eigenvalue weighted by Crippen LogP contribution is 2.21. The van der Waals surface area contributed by atoms with Crippen LogP contribution in [0.25, 0.3) is 0 Å². The van der Waals surface area contributed by atoms with E-state index in [9.17, 15) is 9.59 Å². The molecule has 0 aliphatic carbocycles. The molecular weight excluding hydrogens is 292 g/mol. The fourth-order valence-electron chi connectivity index (χ4n) is 2.29. The summed E-state index contributed by atoms with van der Waals surface area (Å²) >= 11 is 0. The summed E-state index contributed by atoms with van der Waals surface area (Å²) in [6.07, 6.45) is 0.838. The lowest BCUT2D eigenvalue weighted by Gasteiger charge is -2.13. The highest BCUT2D eigenvalue weighted by atomic mass is 16.5. The number of para-hydroxylation sites is 1. The number of anilines is 2. The summed E-state index contributed by atoms with van der Waals surface area (Å²) in [5.41, 5.74) is 3.97. The molecule has 0 saturated heterocycles. The molecule has 5 heteroatoms. The van der Waals surface area contributed by atoms with Crippen LogP contribution in [-0.4, -0.2) is 19.1 Å². The largest absolute Gasteiger partial charge is 0.465 e. The topological polar surface area (TPSA) is 67.4 Å².